The monoisotopic (exact) mass is 385 g/mol. The highest BCUT2D eigenvalue weighted by molar-refractivity contribution is 5.87. The second-order valence-corrected chi connectivity index (χ2v) is 6.87. The van der Waals surface area contributed by atoms with Gasteiger partial charge in [0.2, 0.25) is 5.91 Å². The zero-order valence-electron chi connectivity index (χ0n) is 15.7. The van der Waals surface area contributed by atoms with Crippen LogP contribution in [0.1, 0.15) is 18.5 Å². The number of carbonyl (C=O) groups is 2. The van der Waals surface area contributed by atoms with Crippen LogP contribution in [0.2, 0.25) is 0 Å². The minimum Gasteiger partial charge on any atom is -0.479 e. The highest BCUT2D eigenvalue weighted by atomic mass is 19.1. The topological polar surface area (TPSA) is 72.9 Å². The number of rotatable bonds is 6. The minimum atomic E-state index is -1.09. The standard InChI is InChI=1S/C21H24FN3O3/c1-15(20(26)23-19(21(27)28)16-5-3-2-4-6-16)24-11-13-25(14-12-24)18-9-7-17(22)8-10-18/h2-10,15,19H,11-14H2,1H3,(H,23,26)(H,27,28). The molecule has 0 aromatic heterocycles. The number of carbonyl (C=O) groups excluding carboxylic acids is 1. The summed E-state index contributed by atoms with van der Waals surface area (Å²) in [6.07, 6.45) is 0. The molecule has 0 saturated carbocycles. The molecule has 7 heteroatoms. The highest BCUT2D eigenvalue weighted by Crippen LogP contribution is 2.18. The van der Waals surface area contributed by atoms with Crippen LogP contribution in [0.25, 0.3) is 0 Å². The van der Waals surface area contributed by atoms with Gasteiger partial charge in [-0.2, -0.15) is 0 Å². The van der Waals surface area contributed by atoms with E-state index >= 15 is 0 Å². The van der Waals surface area contributed by atoms with Crippen molar-refractivity contribution < 1.29 is 19.1 Å². The van der Waals surface area contributed by atoms with Gasteiger partial charge in [-0.25, -0.2) is 9.18 Å². The van der Waals surface area contributed by atoms with Crippen molar-refractivity contribution in [3.05, 3.63) is 66.0 Å². The molecular formula is C21H24FN3O3. The van der Waals surface area contributed by atoms with Crippen molar-refractivity contribution in [3.8, 4) is 0 Å². The summed E-state index contributed by atoms with van der Waals surface area (Å²) < 4.78 is 13.1. The van der Waals surface area contributed by atoms with Crippen LogP contribution in [0.5, 0.6) is 0 Å². The van der Waals surface area contributed by atoms with Gasteiger partial charge >= 0.3 is 5.97 Å². The predicted molar refractivity (Wildman–Crippen MR) is 105 cm³/mol. The summed E-state index contributed by atoms with van der Waals surface area (Å²) in [6, 6.07) is 13.5. The Kier molecular flexibility index (Phi) is 6.26. The van der Waals surface area contributed by atoms with Crippen molar-refractivity contribution >= 4 is 17.6 Å². The number of benzene rings is 2. The van der Waals surface area contributed by atoms with E-state index in [4.69, 9.17) is 0 Å². The van der Waals surface area contributed by atoms with Gasteiger partial charge in [-0.1, -0.05) is 30.3 Å². The molecular weight excluding hydrogens is 361 g/mol. The van der Waals surface area contributed by atoms with Gasteiger partial charge in [0.25, 0.3) is 0 Å². The van der Waals surface area contributed by atoms with Gasteiger partial charge in [-0.3, -0.25) is 9.69 Å². The molecule has 28 heavy (non-hydrogen) atoms. The second kappa shape index (κ2) is 8.84. The lowest BCUT2D eigenvalue weighted by molar-refractivity contribution is -0.142. The van der Waals surface area contributed by atoms with E-state index in [-0.39, 0.29) is 11.7 Å². The smallest absolute Gasteiger partial charge is 0.330 e. The van der Waals surface area contributed by atoms with Gasteiger partial charge in [0.15, 0.2) is 6.04 Å². The summed E-state index contributed by atoms with van der Waals surface area (Å²) in [5.41, 5.74) is 1.49. The first-order valence-corrected chi connectivity index (χ1v) is 9.28. The molecule has 1 aliphatic rings. The second-order valence-electron chi connectivity index (χ2n) is 6.87. The average Bonchev–Trinajstić information content (AvgIpc) is 2.72. The predicted octanol–water partition coefficient (Wildman–Crippen LogP) is 2.28. The number of carboxylic acid groups (broad SMARTS) is 1. The molecule has 148 valence electrons. The van der Waals surface area contributed by atoms with Crippen LogP contribution in [-0.2, 0) is 9.59 Å². The van der Waals surface area contributed by atoms with Gasteiger partial charge in [0.1, 0.15) is 5.82 Å². The van der Waals surface area contributed by atoms with Crippen LogP contribution in [-0.4, -0.2) is 54.1 Å². The summed E-state index contributed by atoms with van der Waals surface area (Å²) in [7, 11) is 0. The van der Waals surface area contributed by atoms with E-state index in [1.165, 1.54) is 12.1 Å². The van der Waals surface area contributed by atoms with Crippen LogP contribution in [0, 0.1) is 5.82 Å². The third-order valence-corrected chi connectivity index (χ3v) is 5.10. The summed E-state index contributed by atoms with van der Waals surface area (Å²) >= 11 is 0. The van der Waals surface area contributed by atoms with Gasteiger partial charge in [-0.05, 0) is 36.8 Å². The van der Waals surface area contributed by atoms with Crippen LogP contribution in [0.3, 0.4) is 0 Å². The number of aliphatic carboxylic acids is 1. The Labute approximate surface area is 163 Å². The summed E-state index contributed by atoms with van der Waals surface area (Å²) in [5, 5.41) is 12.1. The lowest BCUT2D eigenvalue weighted by Crippen LogP contribution is -2.54. The molecule has 0 spiro atoms. The molecule has 2 unspecified atom stereocenters. The summed E-state index contributed by atoms with van der Waals surface area (Å²) in [6.45, 7) is 4.53. The Balaban J connectivity index is 1.58. The molecule has 2 aromatic carbocycles. The Morgan fingerprint density at radius 2 is 1.61 bits per heavy atom. The third-order valence-electron chi connectivity index (χ3n) is 5.10. The van der Waals surface area contributed by atoms with Crippen LogP contribution in [0.15, 0.2) is 54.6 Å². The number of piperazine rings is 1. The number of hydrogen-bond donors (Lipinski definition) is 2. The van der Waals surface area contributed by atoms with Crippen LogP contribution >= 0.6 is 0 Å². The normalized spacial score (nSPS) is 17.0. The largest absolute Gasteiger partial charge is 0.479 e. The minimum absolute atomic E-state index is 0.265. The summed E-state index contributed by atoms with van der Waals surface area (Å²) in [5.74, 6) is -1.67. The van der Waals surface area contributed by atoms with E-state index in [1.54, 1.807) is 49.4 Å². The van der Waals surface area contributed by atoms with Crippen molar-refractivity contribution in [1.82, 2.24) is 10.2 Å². The van der Waals surface area contributed by atoms with E-state index < -0.39 is 18.1 Å². The number of carboxylic acids is 1. The molecule has 1 heterocycles. The molecule has 0 aliphatic carbocycles. The maximum atomic E-state index is 13.1. The van der Waals surface area contributed by atoms with E-state index in [9.17, 15) is 19.1 Å². The van der Waals surface area contributed by atoms with E-state index in [1.807, 2.05) is 4.90 Å². The molecule has 1 aliphatic heterocycles. The van der Waals surface area contributed by atoms with Crippen molar-refractivity contribution in [3.63, 3.8) is 0 Å². The molecule has 6 nitrogen and oxygen atoms in total. The van der Waals surface area contributed by atoms with E-state index in [0.717, 1.165) is 5.69 Å². The van der Waals surface area contributed by atoms with Gasteiger partial charge in [0, 0.05) is 31.9 Å². The van der Waals surface area contributed by atoms with Gasteiger partial charge in [0.05, 0.1) is 6.04 Å². The molecule has 0 bridgehead atoms. The first-order valence-electron chi connectivity index (χ1n) is 9.28. The molecule has 1 fully saturated rings. The zero-order chi connectivity index (χ0) is 20.1. The fourth-order valence-corrected chi connectivity index (χ4v) is 3.38. The zero-order valence-corrected chi connectivity index (χ0v) is 15.7. The maximum absolute atomic E-state index is 13.1. The molecule has 1 amide bonds. The molecule has 2 N–H and O–H groups in total. The number of hydrogen-bond acceptors (Lipinski definition) is 4. The first kappa shape index (κ1) is 19.8. The molecule has 1 saturated heterocycles. The van der Waals surface area contributed by atoms with E-state index in [0.29, 0.717) is 31.7 Å². The fraction of sp³-hybridized carbons (Fsp3) is 0.333. The number of anilines is 1. The summed E-state index contributed by atoms with van der Waals surface area (Å²) in [4.78, 5) is 28.4. The maximum Gasteiger partial charge on any atom is 0.330 e. The van der Waals surface area contributed by atoms with Crippen LogP contribution < -0.4 is 10.2 Å². The van der Waals surface area contributed by atoms with Crippen molar-refractivity contribution in [2.75, 3.05) is 31.1 Å². The Morgan fingerprint density at radius 1 is 1.00 bits per heavy atom. The number of halogens is 1. The van der Waals surface area contributed by atoms with Crippen molar-refractivity contribution in [1.29, 1.82) is 0 Å². The Morgan fingerprint density at radius 3 is 2.18 bits per heavy atom. The first-order chi connectivity index (χ1) is 13.5. The van der Waals surface area contributed by atoms with Gasteiger partial charge in [-0.15, -0.1) is 0 Å². The fourth-order valence-electron chi connectivity index (χ4n) is 3.38. The SMILES string of the molecule is CC(C(=O)NC(C(=O)O)c1ccccc1)N1CCN(c2ccc(F)cc2)CC1. The van der Waals surface area contributed by atoms with Gasteiger partial charge < -0.3 is 15.3 Å². The Bertz CT molecular complexity index is 805. The molecule has 2 aromatic rings. The number of amides is 1. The van der Waals surface area contributed by atoms with E-state index in [2.05, 4.69) is 10.2 Å². The lowest BCUT2D eigenvalue weighted by Gasteiger charge is -2.38. The number of nitrogens with zero attached hydrogens (tertiary/aromatic N) is 2. The quantitative estimate of drug-likeness (QED) is 0.798. The highest BCUT2D eigenvalue weighted by Gasteiger charge is 2.29. The number of nitrogens with one attached hydrogen (secondary N) is 1. The lowest BCUT2D eigenvalue weighted by atomic mass is 10.1. The van der Waals surface area contributed by atoms with Crippen molar-refractivity contribution in [2.24, 2.45) is 0 Å². The molecule has 3 rings (SSSR count). The Hall–Kier alpha value is -2.93. The average molecular weight is 385 g/mol. The van der Waals surface area contributed by atoms with Crippen LogP contribution in [0.4, 0.5) is 10.1 Å². The third kappa shape index (κ3) is 4.67. The molecule has 0 radical (unpaired) electrons. The van der Waals surface area contributed by atoms with Crippen molar-refractivity contribution in [2.45, 2.75) is 19.0 Å². The molecule has 2 atom stereocenters.